The first-order valence-electron chi connectivity index (χ1n) is 35.1. The molecule has 0 saturated carbocycles. The Morgan fingerprint density at radius 3 is 1.55 bits per heavy atom. The molecule has 0 aliphatic heterocycles. The molecule has 0 N–H and O–H groups in total. The lowest BCUT2D eigenvalue weighted by Crippen LogP contribution is -2.11. The maximum absolute atomic E-state index is 10.3. The first-order chi connectivity index (χ1) is 43.6. The van der Waals surface area contributed by atoms with Crippen molar-refractivity contribution in [2.24, 2.45) is 0 Å². The van der Waals surface area contributed by atoms with Crippen LogP contribution in [0.4, 0.5) is 17.1 Å². The summed E-state index contributed by atoms with van der Waals surface area (Å²) < 4.78 is 345. The van der Waals surface area contributed by atoms with Crippen molar-refractivity contribution in [2.75, 3.05) is 4.90 Å². The number of nitrogens with zero attached hydrogens (tertiary/aromatic N) is 2. The van der Waals surface area contributed by atoms with Crippen LogP contribution in [0.25, 0.3) is 72.0 Å². The highest BCUT2D eigenvalue weighted by molar-refractivity contribution is 6.16. The van der Waals surface area contributed by atoms with Gasteiger partial charge in [-0.15, -0.1) is 0 Å². The third-order valence-corrected chi connectivity index (χ3v) is 8.12. The van der Waals surface area contributed by atoms with Gasteiger partial charge in [-0.3, -0.25) is 0 Å². The molecule has 0 bridgehead atoms. The van der Waals surface area contributed by atoms with Crippen LogP contribution in [0.3, 0.4) is 0 Å². The second-order valence-electron chi connectivity index (χ2n) is 11.3. The first-order valence-corrected chi connectivity index (χ1v) is 16.1. The predicted molar refractivity (Wildman–Crippen MR) is 237 cm³/mol. The first kappa shape index (κ1) is 12.0. The summed E-state index contributed by atoms with van der Waals surface area (Å²) in [6.45, 7) is 0. The standard InChI is InChI=1S/C54H38N2/c1-4-16-39(17-5-1)40-30-32-41(33-31-40)42-34-36-46(37-35-42)55(51-27-12-10-24-48(51)43-18-6-2-7-19-43)47-23-14-20-44(38-47)49-26-15-29-53-54(49)50-25-11-13-28-52(50)56(53)45-21-8-3-9-22-45/h1-38H/i1D,2D,3D,4D,5D,6D,7D,8D,9D,10D,11D,12D,13D,14D,15D,16D,17D,18D,19D,20D,21D,22D,23D,24D,25D,26D,27D,28D,29D,30D,31D,32D,33D,34D,35D,36D,37D,38D. The van der Waals surface area contributed by atoms with Gasteiger partial charge in [0.2, 0.25) is 0 Å². The number of fused-ring (bicyclic) bond motifs is 3. The van der Waals surface area contributed by atoms with E-state index in [1.165, 1.54) is 0 Å². The van der Waals surface area contributed by atoms with E-state index in [1.54, 1.807) is 0 Å². The van der Waals surface area contributed by atoms with Crippen LogP contribution in [-0.2, 0) is 0 Å². The second kappa shape index (κ2) is 14.4. The molecule has 0 amide bonds. The zero-order chi connectivity index (χ0) is 70.3. The van der Waals surface area contributed by atoms with Gasteiger partial charge in [-0.25, -0.2) is 0 Å². The fourth-order valence-corrected chi connectivity index (χ4v) is 5.76. The van der Waals surface area contributed by atoms with Crippen molar-refractivity contribution < 1.29 is 52.1 Å². The van der Waals surface area contributed by atoms with Crippen LogP contribution in [0.15, 0.2) is 230 Å². The third-order valence-electron chi connectivity index (χ3n) is 8.12. The van der Waals surface area contributed by atoms with Gasteiger partial charge in [-0.2, -0.15) is 0 Å². The SMILES string of the molecule is [2H]c1c([2H])c([2H])c(-c2c([2H])c([2H])c(-c3c([2H])c([2H])c(N(c4c([2H])c([2H])c([2H])c(-c5c([2H])c([2H])c([2H])c6c5c5c([2H])c([2H])c([2H])c([2H])c5n6-c5c([2H])c([2H])c([2H])c([2H])c5[2H])c4[2H])c4c([2H])c([2H])c([2H])c([2H])c4-c4c([2H])c([2H])c([2H])c([2H])c4[2H])c([2H])c3[2H])c([2H])c2[2H])c([2H])c1[2H]. The molecule has 1 aromatic heterocycles. The lowest BCUT2D eigenvalue weighted by atomic mass is 9.97. The summed E-state index contributed by atoms with van der Waals surface area (Å²) in [5, 5.41) is -1.61. The summed E-state index contributed by atoms with van der Waals surface area (Å²) in [7, 11) is 0. The minimum atomic E-state index is -1.47. The monoisotopic (exact) mass is 753 g/mol. The average Bonchev–Trinajstić information content (AvgIpc) is 1.43. The summed E-state index contributed by atoms with van der Waals surface area (Å²) in [5.41, 5.74) is -15.0. The van der Waals surface area contributed by atoms with Gasteiger partial charge < -0.3 is 9.47 Å². The summed E-state index contributed by atoms with van der Waals surface area (Å²) in [6.07, 6.45) is 0. The van der Waals surface area contributed by atoms with E-state index in [-0.39, 0.29) is 4.90 Å². The van der Waals surface area contributed by atoms with Crippen molar-refractivity contribution in [2.45, 2.75) is 0 Å². The van der Waals surface area contributed by atoms with Gasteiger partial charge in [0.15, 0.2) is 0 Å². The average molecular weight is 753 g/mol. The van der Waals surface area contributed by atoms with Gasteiger partial charge in [-0.05, 0) is 93.3 Å². The number of aromatic nitrogens is 1. The van der Waals surface area contributed by atoms with Crippen LogP contribution in [0, 0.1) is 0 Å². The van der Waals surface area contributed by atoms with Gasteiger partial charge in [0.05, 0.1) is 68.8 Å². The molecule has 2 heteroatoms. The molecule has 0 fully saturated rings. The molecule has 10 rings (SSSR count). The second-order valence-corrected chi connectivity index (χ2v) is 11.3. The number of rotatable bonds is 8. The largest absolute Gasteiger partial charge is 0.310 e. The van der Waals surface area contributed by atoms with Crippen molar-refractivity contribution in [3.8, 4) is 50.2 Å². The topological polar surface area (TPSA) is 8.17 Å². The van der Waals surface area contributed by atoms with E-state index < -0.39 is 319 Å². The van der Waals surface area contributed by atoms with Crippen LogP contribution in [0.1, 0.15) is 52.1 Å². The van der Waals surface area contributed by atoms with E-state index >= 15 is 0 Å². The highest BCUT2D eigenvalue weighted by Crippen LogP contribution is 2.44. The van der Waals surface area contributed by atoms with Gasteiger partial charge in [0.25, 0.3) is 0 Å². The van der Waals surface area contributed by atoms with E-state index in [2.05, 4.69) is 0 Å². The fraction of sp³-hybridized carbons (Fsp3) is 0. The molecule has 264 valence electrons. The molecule has 2 nitrogen and oxygen atoms in total. The Hall–Kier alpha value is -7.42. The fourth-order valence-electron chi connectivity index (χ4n) is 5.76. The number of benzene rings is 9. The van der Waals surface area contributed by atoms with Crippen LogP contribution in [-0.4, -0.2) is 4.57 Å². The van der Waals surface area contributed by atoms with Crippen molar-refractivity contribution in [1.82, 2.24) is 4.57 Å². The molecule has 0 spiro atoms. The quantitative estimate of drug-likeness (QED) is 0.150. The molecular weight excluding hydrogens is 677 g/mol. The Kier molecular flexibility index (Phi) is 3.10. The molecule has 0 atom stereocenters. The Balaban J connectivity index is 1.45. The summed E-state index contributed by atoms with van der Waals surface area (Å²) in [6, 6.07) is -44.5. The van der Waals surface area contributed by atoms with Crippen molar-refractivity contribution in [3.05, 3.63) is 230 Å². The molecule has 10 aromatic rings. The Morgan fingerprint density at radius 1 is 0.339 bits per heavy atom. The normalized spacial score (nSPS) is 20.7. The smallest absolute Gasteiger partial charge is 0.0651 e. The molecule has 0 aliphatic rings. The molecule has 0 unspecified atom stereocenters. The summed E-state index contributed by atoms with van der Waals surface area (Å²) in [5.74, 6) is 0. The molecule has 9 aromatic carbocycles. The lowest BCUT2D eigenvalue weighted by molar-refractivity contribution is 1.18. The number of para-hydroxylation sites is 3. The zero-order valence-corrected chi connectivity index (χ0v) is 27.9. The molecule has 0 aliphatic carbocycles. The van der Waals surface area contributed by atoms with Crippen LogP contribution in [0.2, 0.25) is 0 Å². The lowest BCUT2D eigenvalue weighted by Gasteiger charge is -2.28. The van der Waals surface area contributed by atoms with Gasteiger partial charge >= 0.3 is 0 Å². The Labute approximate surface area is 381 Å². The Bertz CT molecular complexity index is 5040. The highest BCUT2D eigenvalue weighted by Gasteiger charge is 2.20. The van der Waals surface area contributed by atoms with Crippen molar-refractivity contribution in [3.63, 3.8) is 0 Å². The van der Waals surface area contributed by atoms with E-state index in [4.69, 9.17) is 28.8 Å². The van der Waals surface area contributed by atoms with Crippen LogP contribution < -0.4 is 4.90 Å². The summed E-state index contributed by atoms with van der Waals surface area (Å²) >= 11 is 0. The van der Waals surface area contributed by atoms with Crippen LogP contribution in [0.5, 0.6) is 0 Å². The molecule has 0 radical (unpaired) electrons. The van der Waals surface area contributed by atoms with Gasteiger partial charge in [0.1, 0.15) is 0 Å². The molecular formula is C54H38N2. The van der Waals surface area contributed by atoms with E-state index in [0.29, 0.717) is 4.57 Å². The number of hydrogen-bond donors (Lipinski definition) is 0. The van der Waals surface area contributed by atoms with E-state index in [0.717, 1.165) is 0 Å². The maximum Gasteiger partial charge on any atom is 0.0651 e. The minimum absolute atomic E-state index is 0.185. The van der Waals surface area contributed by atoms with E-state index in [9.17, 15) is 23.3 Å². The number of anilines is 3. The van der Waals surface area contributed by atoms with Crippen molar-refractivity contribution >= 4 is 38.9 Å². The maximum atomic E-state index is 10.3. The third kappa shape index (κ3) is 6.04. The Morgan fingerprint density at radius 2 is 0.839 bits per heavy atom. The number of hydrogen-bond acceptors (Lipinski definition) is 1. The van der Waals surface area contributed by atoms with Gasteiger partial charge in [0, 0.05) is 33.4 Å². The molecule has 1 heterocycles. The van der Waals surface area contributed by atoms with Crippen molar-refractivity contribution in [1.29, 1.82) is 0 Å². The zero-order valence-electron chi connectivity index (χ0n) is 65.9. The predicted octanol–water partition coefficient (Wildman–Crippen LogP) is 14.9. The van der Waals surface area contributed by atoms with Crippen LogP contribution >= 0.6 is 0 Å². The van der Waals surface area contributed by atoms with E-state index in [1.807, 2.05) is 0 Å². The molecule has 56 heavy (non-hydrogen) atoms. The minimum Gasteiger partial charge on any atom is -0.310 e. The molecule has 0 saturated heterocycles. The summed E-state index contributed by atoms with van der Waals surface area (Å²) in [4.78, 5) is 0.185. The highest BCUT2D eigenvalue weighted by atomic mass is 15.1. The van der Waals surface area contributed by atoms with Gasteiger partial charge in [-0.1, -0.05) is 175 Å².